The quantitative estimate of drug-likeness (QED) is 0.600. The van der Waals surface area contributed by atoms with E-state index in [1.165, 1.54) is 24.3 Å². The number of imide groups is 2. The number of hydrogen-bond donors (Lipinski definition) is 1. The number of hydrogen-bond acceptors (Lipinski definition) is 4. The van der Waals surface area contributed by atoms with E-state index < -0.39 is 29.7 Å². The summed E-state index contributed by atoms with van der Waals surface area (Å²) in [5, 5.41) is 2.14. The first-order valence-corrected chi connectivity index (χ1v) is 6.38. The molecular formula is C15H14N2O4. The van der Waals surface area contributed by atoms with Crippen LogP contribution in [0.3, 0.4) is 0 Å². The second-order valence-corrected chi connectivity index (χ2v) is 4.58. The van der Waals surface area contributed by atoms with Crippen molar-refractivity contribution in [3.05, 3.63) is 48.6 Å². The third kappa shape index (κ3) is 2.47. The molecule has 0 aromatic carbocycles. The molecule has 108 valence electrons. The maximum absolute atomic E-state index is 12.4. The van der Waals surface area contributed by atoms with Gasteiger partial charge in [0, 0.05) is 6.42 Å². The molecule has 21 heavy (non-hydrogen) atoms. The largest absolute Gasteiger partial charge is 0.295 e. The molecule has 4 amide bonds. The topological polar surface area (TPSA) is 83.6 Å². The van der Waals surface area contributed by atoms with Crippen molar-refractivity contribution in [2.75, 3.05) is 0 Å². The van der Waals surface area contributed by atoms with Crippen molar-refractivity contribution in [1.29, 1.82) is 0 Å². The van der Waals surface area contributed by atoms with E-state index in [4.69, 9.17) is 0 Å². The first-order chi connectivity index (χ1) is 10.0. The summed E-state index contributed by atoms with van der Waals surface area (Å²) in [5.41, 5.74) is 0.333. The minimum atomic E-state index is -0.966. The van der Waals surface area contributed by atoms with Gasteiger partial charge in [-0.05, 0) is 18.6 Å². The second-order valence-electron chi connectivity index (χ2n) is 4.58. The minimum Gasteiger partial charge on any atom is -0.295 e. The third-order valence-corrected chi connectivity index (χ3v) is 3.28. The Labute approximate surface area is 121 Å². The Hall–Kier alpha value is -2.76. The van der Waals surface area contributed by atoms with Gasteiger partial charge < -0.3 is 0 Å². The van der Waals surface area contributed by atoms with Crippen molar-refractivity contribution >= 4 is 23.6 Å². The molecule has 0 aliphatic carbocycles. The van der Waals surface area contributed by atoms with Crippen molar-refractivity contribution in [3.63, 3.8) is 0 Å². The first-order valence-electron chi connectivity index (χ1n) is 6.38. The Kier molecular flexibility index (Phi) is 3.98. The van der Waals surface area contributed by atoms with Gasteiger partial charge in [-0.1, -0.05) is 25.3 Å². The molecule has 2 rings (SSSR count). The van der Waals surface area contributed by atoms with Crippen molar-refractivity contribution in [1.82, 2.24) is 10.2 Å². The van der Waals surface area contributed by atoms with Gasteiger partial charge >= 0.3 is 0 Å². The van der Waals surface area contributed by atoms with E-state index in [2.05, 4.69) is 18.5 Å². The standard InChI is InChI=1S/C15H14N2O4/c1-3-5-9-10(6-4-2)15(21)17(14(9)20)11-7-8-12(18)16-13(11)19/h3-6,11H,1-2,7-8H2,(H,16,18,19)/b9-5+,10-6+. The molecule has 6 heteroatoms. The van der Waals surface area contributed by atoms with Crippen molar-refractivity contribution in [3.8, 4) is 0 Å². The highest BCUT2D eigenvalue weighted by Crippen LogP contribution is 2.29. The van der Waals surface area contributed by atoms with E-state index in [9.17, 15) is 19.2 Å². The highest BCUT2D eigenvalue weighted by atomic mass is 16.2. The van der Waals surface area contributed by atoms with Gasteiger partial charge in [0.15, 0.2) is 0 Å². The summed E-state index contributed by atoms with van der Waals surface area (Å²) in [4.78, 5) is 48.6. The second kappa shape index (κ2) is 5.70. The molecule has 0 aromatic rings. The maximum atomic E-state index is 12.4. The third-order valence-electron chi connectivity index (χ3n) is 3.28. The molecular weight excluding hydrogens is 272 g/mol. The van der Waals surface area contributed by atoms with Gasteiger partial charge in [0.05, 0.1) is 11.1 Å². The summed E-state index contributed by atoms with van der Waals surface area (Å²) in [6.07, 6.45) is 5.85. The molecule has 0 spiro atoms. The van der Waals surface area contributed by atoms with Crippen LogP contribution in [0.15, 0.2) is 48.6 Å². The van der Waals surface area contributed by atoms with Crippen LogP contribution in [0.5, 0.6) is 0 Å². The number of amides is 4. The van der Waals surface area contributed by atoms with E-state index >= 15 is 0 Å². The number of carbonyl (C=O) groups is 4. The first kappa shape index (κ1) is 14.6. The zero-order chi connectivity index (χ0) is 15.6. The molecule has 6 nitrogen and oxygen atoms in total. The molecule has 0 radical (unpaired) electrons. The average molecular weight is 286 g/mol. The van der Waals surface area contributed by atoms with E-state index in [1.54, 1.807) is 0 Å². The summed E-state index contributed by atoms with van der Waals surface area (Å²) < 4.78 is 0. The monoisotopic (exact) mass is 286 g/mol. The highest BCUT2D eigenvalue weighted by molar-refractivity contribution is 6.26. The fourth-order valence-corrected chi connectivity index (χ4v) is 2.35. The van der Waals surface area contributed by atoms with Gasteiger partial charge in [-0.15, -0.1) is 0 Å². The van der Waals surface area contributed by atoms with Gasteiger partial charge in [-0.3, -0.25) is 29.4 Å². The molecule has 2 heterocycles. The number of carbonyl (C=O) groups excluding carboxylic acids is 4. The number of allylic oxidation sites excluding steroid dienone is 4. The molecule has 1 N–H and O–H groups in total. The predicted molar refractivity (Wildman–Crippen MR) is 74.6 cm³/mol. The lowest BCUT2D eigenvalue weighted by Gasteiger charge is -2.27. The van der Waals surface area contributed by atoms with Gasteiger partial charge in [0.25, 0.3) is 11.8 Å². The van der Waals surface area contributed by atoms with E-state index in [0.717, 1.165) is 4.90 Å². The van der Waals surface area contributed by atoms with E-state index in [0.29, 0.717) is 0 Å². The van der Waals surface area contributed by atoms with Crippen LogP contribution in [-0.2, 0) is 19.2 Å². The minimum absolute atomic E-state index is 0.0917. The Morgan fingerprint density at radius 1 is 1.00 bits per heavy atom. The molecule has 2 aliphatic rings. The lowest BCUT2D eigenvalue weighted by molar-refractivity contribution is -0.149. The van der Waals surface area contributed by atoms with Gasteiger partial charge in [0.2, 0.25) is 11.8 Å². The molecule has 1 atom stereocenters. The summed E-state index contributed by atoms with van der Waals surface area (Å²) in [7, 11) is 0. The van der Waals surface area contributed by atoms with E-state index in [-0.39, 0.29) is 24.0 Å². The molecule has 0 saturated carbocycles. The number of rotatable bonds is 3. The van der Waals surface area contributed by atoms with Crippen LogP contribution in [0.2, 0.25) is 0 Å². The molecule has 2 aliphatic heterocycles. The molecule has 0 aromatic heterocycles. The number of likely N-dealkylation sites (tertiary alicyclic amines) is 1. The normalized spacial score (nSPS) is 26.5. The van der Waals surface area contributed by atoms with Crippen LogP contribution in [0.1, 0.15) is 12.8 Å². The average Bonchev–Trinajstić information content (AvgIpc) is 2.65. The van der Waals surface area contributed by atoms with Gasteiger partial charge in [-0.25, -0.2) is 0 Å². The fourth-order valence-electron chi connectivity index (χ4n) is 2.35. The zero-order valence-corrected chi connectivity index (χ0v) is 11.3. The summed E-state index contributed by atoms with van der Waals surface area (Å²) >= 11 is 0. The lowest BCUT2D eigenvalue weighted by Crippen LogP contribution is -2.54. The summed E-state index contributed by atoms with van der Waals surface area (Å²) in [5.74, 6) is -2.17. The number of nitrogens with one attached hydrogen (secondary N) is 1. The molecule has 0 bridgehead atoms. The van der Waals surface area contributed by atoms with E-state index in [1.807, 2.05) is 0 Å². The predicted octanol–water partition coefficient (Wildman–Crippen LogP) is 0.385. The Bertz CT molecular complexity index is 592. The van der Waals surface area contributed by atoms with Crippen LogP contribution in [-0.4, -0.2) is 34.6 Å². The van der Waals surface area contributed by atoms with Crippen LogP contribution >= 0.6 is 0 Å². The van der Waals surface area contributed by atoms with Crippen molar-refractivity contribution in [2.24, 2.45) is 0 Å². The van der Waals surface area contributed by atoms with Gasteiger partial charge in [0.1, 0.15) is 6.04 Å². The van der Waals surface area contributed by atoms with Crippen LogP contribution in [0, 0.1) is 0 Å². The summed E-state index contributed by atoms with van der Waals surface area (Å²) in [6.45, 7) is 7.01. The lowest BCUT2D eigenvalue weighted by atomic mass is 10.0. The number of nitrogens with zero attached hydrogens (tertiary/aromatic N) is 1. The van der Waals surface area contributed by atoms with Crippen LogP contribution in [0.25, 0.3) is 0 Å². The highest BCUT2D eigenvalue weighted by Gasteiger charge is 2.46. The maximum Gasteiger partial charge on any atom is 0.262 e. The number of piperidine rings is 1. The van der Waals surface area contributed by atoms with Crippen LogP contribution < -0.4 is 5.32 Å². The fraction of sp³-hybridized carbons (Fsp3) is 0.200. The molecule has 1 unspecified atom stereocenters. The Morgan fingerprint density at radius 3 is 1.95 bits per heavy atom. The molecule has 2 fully saturated rings. The Morgan fingerprint density at radius 2 is 1.52 bits per heavy atom. The zero-order valence-electron chi connectivity index (χ0n) is 11.3. The summed E-state index contributed by atoms with van der Waals surface area (Å²) in [6, 6.07) is -0.966. The van der Waals surface area contributed by atoms with Gasteiger partial charge in [-0.2, -0.15) is 0 Å². The molecule has 2 saturated heterocycles. The Balaban J connectivity index is 2.41. The van der Waals surface area contributed by atoms with Crippen molar-refractivity contribution < 1.29 is 19.2 Å². The SMILES string of the molecule is C=C/C=C1/C(=O)N(C2CCC(=O)NC2=O)C(=O)/C1=C/C=C. The van der Waals surface area contributed by atoms with Crippen molar-refractivity contribution in [2.45, 2.75) is 18.9 Å². The van der Waals surface area contributed by atoms with Crippen LogP contribution in [0.4, 0.5) is 0 Å². The smallest absolute Gasteiger partial charge is 0.262 e.